The number of nitrogens with zero attached hydrogens (tertiary/aromatic N) is 2. The Morgan fingerprint density at radius 1 is 1.15 bits per heavy atom. The Morgan fingerprint density at radius 3 is 2.38 bits per heavy atom. The summed E-state index contributed by atoms with van der Waals surface area (Å²) in [5.74, 6) is -0.527. The maximum atomic E-state index is 12.3. The highest BCUT2D eigenvalue weighted by Crippen LogP contribution is 2.30. The summed E-state index contributed by atoms with van der Waals surface area (Å²) in [5.41, 5.74) is 3.59. The lowest BCUT2D eigenvalue weighted by molar-refractivity contribution is -0.119. The number of hydrogen-bond donors (Lipinski definition) is 1. The molecule has 6 nitrogen and oxygen atoms in total. The molecule has 2 rings (SSSR count). The monoisotopic (exact) mass is 419 g/mol. The number of rotatable bonds is 5. The van der Waals surface area contributed by atoms with Gasteiger partial charge in [0.05, 0.1) is 17.0 Å². The number of halogens is 2. The lowest BCUT2D eigenvalue weighted by Gasteiger charge is -2.22. The molecule has 1 N–H and O–H groups in total. The van der Waals surface area contributed by atoms with E-state index in [1.807, 2.05) is 0 Å². The number of hydrazone groups is 1. The van der Waals surface area contributed by atoms with E-state index >= 15 is 0 Å². The van der Waals surface area contributed by atoms with Gasteiger partial charge >= 0.3 is 0 Å². The minimum absolute atomic E-state index is 0.162. The first kappa shape index (κ1) is 21.0. The van der Waals surface area contributed by atoms with Gasteiger partial charge in [0.1, 0.15) is 6.54 Å². The molecule has 1 fully saturated rings. The van der Waals surface area contributed by atoms with Crippen LogP contribution in [0, 0.1) is 0 Å². The first-order valence-electron chi connectivity index (χ1n) is 8.54. The molecule has 0 heterocycles. The number of carbonyl (C=O) groups is 1. The zero-order valence-corrected chi connectivity index (χ0v) is 17.0. The molecular formula is C17H23Cl2N3O3S. The van der Waals surface area contributed by atoms with E-state index in [2.05, 4.69) is 10.5 Å². The van der Waals surface area contributed by atoms with E-state index in [9.17, 15) is 13.2 Å². The van der Waals surface area contributed by atoms with Gasteiger partial charge in [0.2, 0.25) is 10.0 Å². The molecule has 144 valence electrons. The fourth-order valence-corrected chi connectivity index (χ4v) is 4.09. The number of carbonyl (C=O) groups excluding carboxylic acids is 1. The van der Waals surface area contributed by atoms with Crippen LogP contribution in [0.25, 0.3) is 0 Å². The summed E-state index contributed by atoms with van der Waals surface area (Å²) in [7, 11) is -3.73. The van der Waals surface area contributed by atoms with Crippen molar-refractivity contribution in [2.24, 2.45) is 5.10 Å². The average molecular weight is 420 g/mol. The van der Waals surface area contributed by atoms with Crippen LogP contribution in [-0.2, 0) is 14.8 Å². The van der Waals surface area contributed by atoms with Crippen molar-refractivity contribution in [3.05, 3.63) is 28.2 Å². The van der Waals surface area contributed by atoms with Gasteiger partial charge in [-0.05, 0) is 43.9 Å². The molecule has 1 aromatic carbocycles. The highest BCUT2D eigenvalue weighted by Gasteiger charge is 2.23. The van der Waals surface area contributed by atoms with Gasteiger partial charge in [0.25, 0.3) is 5.91 Å². The van der Waals surface area contributed by atoms with Crippen molar-refractivity contribution in [1.82, 2.24) is 5.43 Å². The van der Waals surface area contributed by atoms with E-state index < -0.39 is 22.5 Å². The molecule has 0 aliphatic heterocycles. The van der Waals surface area contributed by atoms with Crippen LogP contribution in [0.3, 0.4) is 0 Å². The van der Waals surface area contributed by atoms with E-state index in [1.54, 1.807) is 6.07 Å². The number of nitrogens with one attached hydrogen (secondary N) is 1. The van der Waals surface area contributed by atoms with Crippen LogP contribution >= 0.6 is 23.2 Å². The van der Waals surface area contributed by atoms with Crippen LogP contribution in [0.2, 0.25) is 10.0 Å². The van der Waals surface area contributed by atoms with Gasteiger partial charge in [-0.25, -0.2) is 13.8 Å². The van der Waals surface area contributed by atoms with Crippen molar-refractivity contribution in [2.75, 3.05) is 17.1 Å². The van der Waals surface area contributed by atoms with Crippen LogP contribution in [-0.4, -0.2) is 32.8 Å². The Hall–Kier alpha value is -1.31. The SMILES string of the molecule is CS(=O)(=O)N(CC(=O)NN=C1CCCCCCC1)c1cc(Cl)ccc1Cl. The lowest BCUT2D eigenvalue weighted by Crippen LogP contribution is -2.39. The summed E-state index contributed by atoms with van der Waals surface area (Å²) in [6, 6.07) is 4.46. The second kappa shape index (κ2) is 9.58. The van der Waals surface area contributed by atoms with Crippen LogP contribution in [0.4, 0.5) is 5.69 Å². The van der Waals surface area contributed by atoms with Crippen LogP contribution < -0.4 is 9.73 Å². The van der Waals surface area contributed by atoms with Gasteiger partial charge in [0.15, 0.2) is 0 Å². The lowest BCUT2D eigenvalue weighted by atomic mass is 9.99. The molecular weight excluding hydrogens is 397 g/mol. The van der Waals surface area contributed by atoms with Gasteiger partial charge in [-0.3, -0.25) is 9.10 Å². The van der Waals surface area contributed by atoms with Gasteiger partial charge in [-0.15, -0.1) is 0 Å². The first-order chi connectivity index (χ1) is 12.3. The third kappa shape index (κ3) is 6.45. The van der Waals surface area contributed by atoms with Crippen molar-refractivity contribution in [3.63, 3.8) is 0 Å². The van der Waals surface area contributed by atoms with E-state index in [4.69, 9.17) is 23.2 Å². The highest BCUT2D eigenvalue weighted by atomic mass is 35.5. The molecule has 1 aromatic rings. The number of anilines is 1. The molecule has 0 aromatic heterocycles. The highest BCUT2D eigenvalue weighted by molar-refractivity contribution is 7.92. The summed E-state index contributed by atoms with van der Waals surface area (Å²) in [6.07, 6.45) is 8.42. The quantitative estimate of drug-likeness (QED) is 0.732. The summed E-state index contributed by atoms with van der Waals surface area (Å²) < 4.78 is 25.2. The normalized spacial score (nSPS) is 15.7. The smallest absolute Gasteiger partial charge is 0.260 e. The second-order valence-electron chi connectivity index (χ2n) is 6.35. The Kier molecular flexibility index (Phi) is 7.73. The average Bonchev–Trinajstić information content (AvgIpc) is 2.53. The molecule has 0 atom stereocenters. The predicted molar refractivity (Wildman–Crippen MR) is 107 cm³/mol. The molecule has 0 bridgehead atoms. The molecule has 1 aliphatic rings. The van der Waals surface area contributed by atoms with E-state index in [0.717, 1.165) is 42.0 Å². The van der Waals surface area contributed by atoms with Crippen LogP contribution in [0.5, 0.6) is 0 Å². The Balaban J connectivity index is 2.11. The molecule has 0 radical (unpaired) electrons. The van der Waals surface area contributed by atoms with Crippen molar-refractivity contribution in [2.45, 2.75) is 44.9 Å². The number of benzene rings is 1. The van der Waals surface area contributed by atoms with Gasteiger partial charge < -0.3 is 0 Å². The maximum absolute atomic E-state index is 12.3. The molecule has 1 aliphatic carbocycles. The van der Waals surface area contributed by atoms with Gasteiger partial charge in [0, 0.05) is 10.7 Å². The third-order valence-electron chi connectivity index (χ3n) is 4.13. The number of sulfonamides is 1. The standard InChI is InChI=1S/C17H23Cl2N3O3S/c1-26(24,25)22(16-11-13(18)9-10-15(16)19)12-17(23)21-20-14-7-5-3-2-4-6-8-14/h9-11H,2-8,12H2,1H3,(H,21,23). The van der Waals surface area contributed by atoms with E-state index in [1.165, 1.54) is 31.4 Å². The number of hydrogen-bond acceptors (Lipinski definition) is 4. The van der Waals surface area contributed by atoms with Crippen LogP contribution in [0.1, 0.15) is 44.9 Å². The fraction of sp³-hybridized carbons (Fsp3) is 0.529. The predicted octanol–water partition coefficient (Wildman–Crippen LogP) is 3.98. The van der Waals surface area contributed by atoms with Crippen LogP contribution in [0.15, 0.2) is 23.3 Å². The zero-order chi connectivity index (χ0) is 19.2. The molecule has 26 heavy (non-hydrogen) atoms. The van der Waals surface area contributed by atoms with Crippen molar-refractivity contribution >= 4 is 50.5 Å². The molecule has 0 spiro atoms. The van der Waals surface area contributed by atoms with Crippen molar-refractivity contribution < 1.29 is 13.2 Å². The Labute approximate surface area is 164 Å². The van der Waals surface area contributed by atoms with E-state index in [0.29, 0.717) is 5.02 Å². The van der Waals surface area contributed by atoms with Crippen molar-refractivity contribution in [1.29, 1.82) is 0 Å². The molecule has 1 amide bonds. The van der Waals surface area contributed by atoms with E-state index in [-0.39, 0.29) is 10.7 Å². The van der Waals surface area contributed by atoms with Gasteiger partial charge in [-0.1, -0.05) is 42.5 Å². The van der Waals surface area contributed by atoms with Crippen molar-refractivity contribution in [3.8, 4) is 0 Å². The molecule has 0 unspecified atom stereocenters. The minimum atomic E-state index is -3.73. The molecule has 9 heteroatoms. The molecule has 1 saturated carbocycles. The first-order valence-corrected chi connectivity index (χ1v) is 11.1. The largest absolute Gasteiger partial charge is 0.271 e. The topological polar surface area (TPSA) is 78.8 Å². The number of amides is 1. The Morgan fingerprint density at radius 2 is 1.77 bits per heavy atom. The summed E-state index contributed by atoms with van der Waals surface area (Å²) in [4.78, 5) is 12.3. The zero-order valence-electron chi connectivity index (χ0n) is 14.7. The summed E-state index contributed by atoms with van der Waals surface area (Å²) >= 11 is 12.0. The molecule has 0 saturated heterocycles. The van der Waals surface area contributed by atoms with Gasteiger partial charge in [-0.2, -0.15) is 5.10 Å². The third-order valence-corrected chi connectivity index (χ3v) is 5.82. The summed E-state index contributed by atoms with van der Waals surface area (Å²) in [6.45, 7) is -0.421. The minimum Gasteiger partial charge on any atom is -0.271 e. The second-order valence-corrected chi connectivity index (χ2v) is 9.10. The fourth-order valence-electron chi connectivity index (χ4n) is 2.79. The summed E-state index contributed by atoms with van der Waals surface area (Å²) in [5, 5.41) is 4.71. The maximum Gasteiger partial charge on any atom is 0.260 e. The Bertz CT molecular complexity index is 771.